The van der Waals surface area contributed by atoms with Gasteiger partial charge in [-0.15, -0.1) is 0 Å². The maximum Gasteiger partial charge on any atom is 0.407 e. The number of carboxylic acid groups (broad SMARTS) is 1. The molecular weight excluding hydrogens is 466 g/mol. The first-order chi connectivity index (χ1) is 17.6. The maximum absolute atomic E-state index is 12.6. The molecule has 1 atom stereocenters. The molecule has 2 heterocycles. The zero-order valence-electron chi connectivity index (χ0n) is 22.0. The van der Waals surface area contributed by atoms with Crippen molar-refractivity contribution in [3.05, 3.63) is 53.7 Å². The van der Waals surface area contributed by atoms with Gasteiger partial charge in [0.2, 0.25) is 5.95 Å². The second-order valence-electron chi connectivity index (χ2n) is 11.4. The van der Waals surface area contributed by atoms with Crippen molar-refractivity contribution in [1.29, 1.82) is 0 Å². The Morgan fingerprint density at radius 3 is 2.65 bits per heavy atom. The lowest BCUT2D eigenvalue weighted by molar-refractivity contribution is 0.0399. The fourth-order valence-electron chi connectivity index (χ4n) is 5.47. The normalized spacial score (nSPS) is 19.7. The van der Waals surface area contributed by atoms with Crippen LogP contribution in [0.5, 0.6) is 0 Å². The summed E-state index contributed by atoms with van der Waals surface area (Å²) in [5, 5.41) is 17.1. The monoisotopic (exact) mass is 501 g/mol. The number of rotatable bonds is 6. The number of aryl methyl sites for hydroxylation is 1. The molecule has 8 nitrogen and oxygen atoms in total. The average molecular weight is 502 g/mol. The molecule has 8 heteroatoms. The minimum absolute atomic E-state index is 0.0275. The fourth-order valence-corrected chi connectivity index (χ4v) is 5.47. The van der Waals surface area contributed by atoms with E-state index in [-0.39, 0.29) is 11.3 Å². The number of carbonyl (C=O) groups is 2. The van der Waals surface area contributed by atoms with E-state index in [1.54, 1.807) is 11.1 Å². The minimum Gasteiger partial charge on any atom is -0.465 e. The quantitative estimate of drug-likeness (QED) is 0.414. The lowest BCUT2D eigenvalue weighted by atomic mass is 9.71. The van der Waals surface area contributed by atoms with Gasteiger partial charge in [0, 0.05) is 36.3 Å². The Morgan fingerprint density at radius 2 is 1.95 bits per heavy atom. The molecule has 1 saturated heterocycles. The molecule has 1 saturated carbocycles. The number of aromatic nitrogens is 2. The number of fused-ring (bicyclic) bond motifs is 1. The summed E-state index contributed by atoms with van der Waals surface area (Å²) >= 11 is 0. The summed E-state index contributed by atoms with van der Waals surface area (Å²) in [5.74, 6) is 0.455. The van der Waals surface area contributed by atoms with Crippen LogP contribution in [0.1, 0.15) is 62.4 Å². The standard InChI is InChI=1S/C29H35N5O3/c1-18-6-7-20(25(35)32-22-9-10-22)15-23(18)19-8-11-24-21(14-19)16-30-26(33-24)31-17-29(28(2,3)4)12-5-13-34(29)27(36)37/h6-8,11,14-16,22H,5,9-10,12-13,17H2,1-4H3,(H,32,35)(H,36,37)(H,30,31,33)/t29-/m1/s1. The van der Waals surface area contributed by atoms with Crippen molar-refractivity contribution >= 4 is 28.9 Å². The van der Waals surface area contributed by atoms with Crippen molar-refractivity contribution in [3.8, 4) is 11.1 Å². The minimum atomic E-state index is -0.884. The van der Waals surface area contributed by atoms with Gasteiger partial charge in [-0.2, -0.15) is 0 Å². The molecule has 0 spiro atoms. The summed E-state index contributed by atoms with van der Waals surface area (Å²) in [5.41, 5.74) is 3.79. The predicted octanol–water partition coefficient (Wildman–Crippen LogP) is 5.47. The summed E-state index contributed by atoms with van der Waals surface area (Å²) in [7, 11) is 0. The zero-order chi connectivity index (χ0) is 26.4. The van der Waals surface area contributed by atoms with Crippen LogP contribution >= 0.6 is 0 Å². The molecule has 194 valence electrons. The van der Waals surface area contributed by atoms with Crippen molar-refractivity contribution in [2.75, 3.05) is 18.4 Å². The van der Waals surface area contributed by atoms with E-state index in [0.717, 1.165) is 53.3 Å². The number of hydrogen-bond acceptors (Lipinski definition) is 5. The van der Waals surface area contributed by atoms with Crippen LogP contribution in [0.15, 0.2) is 42.6 Å². The average Bonchev–Trinajstić information content (AvgIpc) is 3.55. The lowest BCUT2D eigenvalue weighted by Crippen LogP contribution is -2.59. The number of nitrogens with zero attached hydrogens (tertiary/aromatic N) is 3. The third-order valence-electron chi connectivity index (χ3n) is 7.96. The van der Waals surface area contributed by atoms with Crippen molar-refractivity contribution < 1.29 is 14.7 Å². The van der Waals surface area contributed by atoms with Crippen molar-refractivity contribution in [2.45, 2.75) is 65.0 Å². The number of carbonyl (C=O) groups excluding carboxylic acids is 1. The van der Waals surface area contributed by atoms with Gasteiger partial charge in [0.15, 0.2) is 0 Å². The largest absolute Gasteiger partial charge is 0.465 e. The highest BCUT2D eigenvalue weighted by molar-refractivity contribution is 5.96. The first kappa shape index (κ1) is 25.0. The highest BCUT2D eigenvalue weighted by Gasteiger charge is 2.51. The van der Waals surface area contributed by atoms with Gasteiger partial charge in [0.05, 0.1) is 11.1 Å². The van der Waals surface area contributed by atoms with E-state index in [1.807, 2.05) is 43.3 Å². The van der Waals surface area contributed by atoms with Gasteiger partial charge in [-0.1, -0.05) is 32.9 Å². The van der Waals surface area contributed by atoms with Crippen LogP contribution in [0, 0.1) is 12.3 Å². The van der Waals surface area contributed by atoms with Crippen LogP contribution in [0.4, 0.5) is 10.7 Å². The van der Waals surface area contributed by atoms with E-state index < -0.39 is 11.6 Å². The Balaban J connectivity index is 1.38. The number of likely N-dealkylation sites (tertiary alicyclic amines) is 1. The summed E-state index contributed by atoms with van der Waals surface area (Å²) in [6.45, 7) is 9.29. The fraction of sp³-hybridized carbons (Fsp3) is 0.448. The smallest absolute Gasteiger partial charge is 0.407 e. The van der Waals surface area contributed by atoms with Crippen LogP contribution in [0.3, 0.4) is 0 Å². The molecule has 3 N–H and O–H groups in total. The van der Waals surface area contributed by atoms with E-state index in [9.17, 15) is 14.7 Å². The number of anilines is 1. The molecular formula is C29H35N5O3. The topological polar surface area (TPSA) is 107 Å². The van der Waals surface area contributed by atoms with E-state index in [4.69, 9.17) is 4.98 Å². The van der Waals surface area contributed by atoms with Gasteiger partial charge >= 0.3 is 6.09 Å². The number of hydrogen-bond donors (Lipinski definition) is 3. The highest BCUT2D eigenvalue weighted by atomic mass is 16.4. The summed E-state index contributed by atoms with van der Waals surface area (Å²) < 4.78 is 0. The third-order valence-corrected chi connectivity index (χ3v) is 7.96. The molecule has 2 amide bonds. The number of benzene rings is 2. The molecule has 1 aromatic heterocycles. The Hall–Kier alpha value is -3.68. The molecule has 2 aromatic carbocycles. The van der Waals surface area contributed by atoms with Gasteiger partial charge in [0.1, 0.15) is 0 Å². The van der Waals surface area contributed by atoms with Crippen molar-refractivity contribution in [3.63, 3.8) is 0 Å². The zero-order valence-corrected chi connectivity index (χ0v) is 22.0. The van der Waals surface area contributed by atoms with Gasteiger partial charge in [0.25, 0.3) is 5.91 Å². The Kier molecular flexibility index (Phi) is 6.30. The number of nitrogens with one attached hydrogen (secondary N) is 2. The van der Waals surface area contributed by atoms with E-state index in [2.05, 4.69) is 36.4 Å². The summed E-state index contributed by atoms with van der Waals surface area (Å²) in [6.07, 6.45) is 4.66. The summed E-state index contributed by atoms with van der Waals surface area (Å²) in [6, 6.07) is 12.2. The second kappa shape index (κ2) is 9.32. The first-order valence-corrected chi connectivity index (χ1v) is 13.0. The van der Waals surface area contributed by atoms with Crippen LogP contribution in [-0.4, -0.2) is 56.6 Å². The molecule has 2 fully saturated rings. The molecule has 1 aliphatic carbocycles. The highest BCUT2D eigenvalue weighted by Crippen LogP contribution is 2.43. The molecule has 5 rings (SSSR count). The molecule has 2 aliphatic rings. The van der Waals surface area contributed by atoms with Gasteiger partial charge in [-0.05, 0) is 79.0 Å². The van der Waals surface area contributed by atoms with Gasteiger partial charge in [-0.3, -0.25) is 4.79 Å². The lowest BCUT2D eigenvalue weighted by Gasteiger charge is -2.47. The second-order valence-corrected chi connectivity index (χ2v) is 11.4. The van der Waals surface area contributed by atoms with Crippen LogP contribution in [-0.2, 0) is 0 Å². The molecule has 3 aromatic rings. The molecule has 0 bridgehead atoms. The van der Waals surface area contributed by atoms with Crippen LogP contribution < -0.4 is 10.6 Å². The van der Waals surface area contributed by atoms with Gasteiger partial charge in [-0.25, -0.2) is 14.8 Å². The molecule has 1 aliphatic heterocycles. The van der Waals surface area contributed by atoms with Crippen molar-refractivity contribution in [2.24, 2.45) is 5.41 Å². The molecule has 0 radical (unpaired) electrons. The SMILES string of the molecule is Cc1ccc(C(=O)NC2CC2)cc1-c1ccc2nc(NC[C@@]3(C(C)(C)C)CCCN3C(=O)O)ncc2c1. The summed E-state index contributed by atoms with van der Waals surface area (Å²) in [4.78, 5) is 35.4. The Bertz CT molecular complexity index is 1360. The van der Waals surface area contributed by atoms with Crippen LogP contribution in [0.2, 0.25) is 0 Å². The third kappa shape index (κ3) is 4.84. The van der Waals surface area contributed by atoms with Gasteiger partial charge < -0.3 is 20.6 Å². The Labute approximate surface area is 217 Å². The van der Waals surface area contributed by atoms with E-state index in [0.29, 0.717) is 30.6 Å². The van der Waals surface area contributed by atoms with E-state index >= 15 is 0 Å². The predicted molar refractivity (Wildman–Crippen MR) is 145 cm³/mol. The maximum atomic E-state index is 12.6. The Morgan fingerprint density at radius 1 is 1.16 bits per heavy atom. The molecule has 0 unspecified atom stereocenters. The van der Waals surface area contributed by atoms with Crippen LogP contribution in [0.25, 0.3) is 22.0 Å². The van der Waals surface area contributed by atoms with E-state index in [1.165, 1.54) is 0 Å². The first-order valence-electron chi connectivity index (χ1n) is 13.0. The number of amides is 2. The molecule has 37 heavy (non-hydrogen) atoms. The van der Waals surface area contributed by atoms with Crippen molar-refractivity contribution in [1.82, 2.24) is 20.2 Å².